The van der Waals surface area contributed by atoms with Gasteiger partial charge in [0.1, 0.15) is 0 Å². The molecule has 0 aliphatic carbocycles. The lowest BCUT2D eigenvalue weighted by molar-refractivity contribution is 0.539. The fraction of sp³-hybridized carbons (Fsp3) is 0.500. The van der Waals surface area contributed by atoms with Gasteiger partial charge in [0, 0.05) is 6.04 Å². The standard InChI is InChI=1S/C12H17N/c1-8-6-9(2)11-4-5-13-10(3)12(11)7-8/h6-7,10,13H,4-5H2,1-3H3. The zero-order chi connectivity index (χ0) is 9.42. The molecule has 0 saturated heterocycles. The average Bonchev–Trinajstić information content (AvgIpc) is 2.07. The second-order valence-corrected chi connectivity index (χ2v) is 4.08. The average molecular weight is 175 g/mol. The molecular formula is C12H17N. The maximum Gasteiger partial charge on any atom is 0.0294 e. The Kier molecular flexibility index (Phi) is 2.12. The van der Waals surface area contributed by atoms with Gasteiger partial charge in [-0.2, -0.15) is 0 Å². The van der Waals surface area contributed by atoms with Gasteiger partial charge in [0.2, 0.25) is 0 Å². The molecule has 13 heavy (non-hydrogen) atoms. The number of hydrogen-bond donors (Lipinski definition) is 1. The van der Waals surface area contributed by atoms with Gasteiger partial charge in [-0.25, -0.2) is 0 Å². The van der Waals surface area contributed by atoms with Crippen molar-refractivity contribution >= 4 is 0 Å². The summed E-state index contributed by atoms with van der Waals surface area (Å²) >= 11 is 0. The van der Waals surface area contributed by atoms with Crippen LogP contribution >= 0.6 is 0 Å². The summed E-state index contributed by atoms with van der Waals surface area (Å²) in [6.45, 7) is 7.77. The van der Waals surface area contributed by atoms with Crippen molar-refractivity contribution in [2.75, 3.05) is 6.54 Å². The quantitative estimate of drug-likeness (QED) is 0.639. The van der Waals surface area contributed by atoms with Crippen LogP contribution in [0.25, 0.3) is 0 Å². The summed E-state index contributed by atoms with van der Waals surface area (Å²) < 4.78 is 0. The van der Waals surface area contributed by atoms with E-state index in [0.29, 0.717) is 6.04 Å². The van der Waals surface area contributed by atoms with Gasteiger partial charge in [-0.3, -0.25) is 0 Å². The van der Waals surface area contributed by atoms with E-state index in [1.165, 1.54) is 23.1 Å². The molecule has 0 aromatic heterocycles. The lowest BCUT2D eigenvalue weighted by Gasteiger charge is -2.26. The summed E-state index contributed by atoms with van der Waals surface area (Å²) in [7, 11) is 0. The van der Waals surface area contributed by atoms with E-state index in [2.05, 4.69) is 38.2 Å². The van der Waals surface area contributed by atoms with Crippen LogP contribution in [0.1, 0.15) is 35.2 Å². The molecule has 1 atom stereocenters. The van der Waals surface area contributed by atoms with Crippen molar-refractivity contribution in [3.8, 4) is 0 Å². The van der Waals surface area contributed by atoms with Gasteiger partial charge < -0.3 is 5.32 Å². The minimum absolute atomic E-state index is 0.530. The SMILES string of the molecule is Cc1cc(C)c2c(c1)C(C)NCC2. The Bertz CT molecular complexity index is 328. The largest absolute Gasteiger partial charge is 0.310 e. The monoisotopic (exact) mass is 175 g/mol. The predicted octanol–water partition coefficient (Wildman–Crippen LogP) is 2.51. The zero-order valence-corrected chi connectivity index (χ0v) is 8.65. The molecule has 2 rings (SSSR count). The highest BCUT2D eigenvalue weighted by Crippen LogP contribution is 2.26. The first-order chi connectivity index (χ1) is 6.18. The first kappa shape index (κ1) is 8.76. The van der Waals surface area contributed by atoms with Crippen molar-refractivity contribution in [1.82, 2.24) is 5.32 Å². The highest BCUT2D eigenvalue weighted by Gasteiger charge is 2.16. The number of fused-ring (bicyclic) bond motifs is 1. The summed E-state index contributed by atoms with van der Waals surface area (Å²) in [6.07, 6.45) is 1.19. The number of nitrogens with one attached hydrogen (secondary N) is 1. The molecule has 0 saturated carbocycles. The van der Waals surface area contributed by atoms with Crippen LogP contribution in [0.15, 0.2) is 12.1 Å². The van der Waals surface area contributed by atoms with E-state index in [9.17, 15) is 0 Å². The summed E-state index contributed by atoms with van der Waals surface area (Å²) in [5.74, 6) is 0. The maximum absolute atomic E-state index is 3.49. The fourth-order valence-electron chi connectivity index (χ4n) is 2.28. The zero-order valence-electron chi connectivity index (χ0n) is 8.65. The van der Waals surface area contributed by atoms with Crippen LogP contribution in [0.5, 0.6) is 0 Å². The van der Waals surface area contributed by atoms with E-state index in [1.54, 1.807) is 5.56 Å². The molecular weight excluding hydrogens is 158 g/mol. The molecule has 1 heterocycles. The van der Waals surface area contributed by atoms with Crippen molar-refractivity contribution in [2.24, 2.45) is 0 Å². The molecule has 0 radical (unpaired) electrons. The Morgan fingerprint density at radius 1 is 1.31 bits per heavy atom. The summed E-state index contributed by atoms with van der Waals surface area (Å²) in [4.78, 5) is 0. The maximum atomic E-state index is 3.49. The molecule has 1 heteroatoms. The Labute approximate surface area is 80.2 Å². The predicted molar refractivity (Wildman–Crippen MR) is 56.0 cm³/mol. The minimum Gasteiger partial charge on any atom is -0.310 e. The molecule has 1 unspecified atom stereocenters. The third-order valence-corrected chi connectivity index (χ3v) is 2.94. The first-order valence-electron chi connectivity index (χ1n) is 5.02. The lowest BCUT2D eigenvalue weighted by atomic mass is 9.90. The van der Waals surface area contributed by atoms with Gasteiger partial charge in [-0.05, 0) is 50.4 Å². The number of aryl methyl sites for hydroxylation is 2. The van der Waals surface area contributed by atoms with E-state index in [-0.39, 0.29) is 0 Å². The highest BCUT2D eigenvalue weighted by atomic mass is 14.9. The van der Waals surface area contributed by atoms with Crippen LogP contribution < -0.4 is 5.32 Å². The Morgan fingerprint density at radius 2 is 2.08 bits per heavy atom. The van der Waals surface area contributed by atoms with Crippen LogP contribution in [-0.4, -0.2) is 6.54 Å². The molecule has 0 fully saturated rings. The van der Waals surface area contributed by atoms with E-state index in [0.717, 1.165) is 6.54 Å². The summed E-state index contributed by atoms with van der Waals surface area (Å²) in [5, 5.41) is 3.49. The van der Waals surface area contributed by atoms with Crippen molar-refractivity contribution in [3.05, 3.63) is 34.4 Å². The van der Waals surface area contributed by atoms with Crippen molar-refractivity contribution < 1.29 is 0 Å². The van der Waals surface area contributed by atoms with Crippen LogP contribution in [0, 0.1) is 13.8 Å². The normalized spacial score (nSPS) is 21.3. The minimum atomic E-state index is 0.530. The second-order valence-electron chi connectivity index (χ2n) is 4.08. The molecule has 1 nitrogen and oxygen atoms in total. The number of hydrogen-bond acceptors (Lipinski definition) is 1. The molecule has 0 spiro atoms. The second kappa shape index (κ2) is 3.15. The van der Waals surface area contributed by atoms with E-state index < -0.39 is 0 Å². The topological polar surface area (TPSA) is 12.0 Å². The van der Waals surface area contributed by atoms with Crippen molar-refractivity contribution in [2.45, 2.75) is 33.2 Å². The molecule has 1 aliphatic heterocycles. The van der Waals surface area contributed by atoms with Gasteiger partial charge in [0.05, 0.1) is 0 Å². The summed E-state index contributed by atoms with van der Waals surface area (Å²) in [6, 6.07) is 5.14. The molecule has 1 aliphatic rings. The van der Waals surface area contributed by atoms with Crippen LogP contribution in [-0.2, 0) is 6.42 Å². The van der Waals surface area contributed by atoms with Gasteiger partial charge in [-0.15, -0.1) is 0 Å². The smallest absolute Gasteiger partial charge is 0.0294 e. The highest BCUT2D eigenvalue weighted by molar-refractivity contribution is 5.41. The number of rotatable bonds is 0. The lowest BCUT2D eigenvalue weighted by Crippen LogP contribution is -2.28. The van der Waals surface area contributed by atoms with Gasteiger partial charge in [-0.1, -0.05) is 17.7 Å². The van der Waals surface area contributed by atoms with Gasteiger partial charge in [0.25, 0.3) is 0 Å². The van der Waals surface area contributed by atoms with Crippen LogP contribution in [0.2, 0.25) is 0 Å². The molecule has 1 N–H and O–H groups in total. The van der Waals surface area contributed by atoms with E-state index in [1.807, 2.05) is 0 Å². The Hall–Kier alpha value is -0.820. The van der Waals surface area contributed by atoms with Crippen LogP contribution in [0.3, 0.4) is 0 Å². The van der Waals surface area contributed by atoms with E-state index in [4.69, 9.17) is 0 Å². The summed E-state index contributed by atoms with van der Waals surface area (Å²) in [5.41, 5.74) is 5.91. The Morgan fingerprint density at radius 3 is 2.85 bits per heavy atom. The van der Waals surface area contributed by atoms with Gasteiger partial charge in [0.15, 0.2) is 0 Å². The molecule has 1 aromatic rings. The van der Waals surface area contributed by atoms with E-state index >= 15 is 0 Å². The Balaban J connectivity index is 2.56. The first-order valence-corrected chi connectivity index (χ1v) is 5.02. The van der Waals surface area contributed by atoms with Crippen molar-refractivity contribution in [1.29, 1.82) is 0 Å². The third-order valence-electron chi connectivity index (χ3n) is 2.94. The molecule has 0 bridgehead atoms. The molecule has 1 aromatic carbocycles. The number of benzene rings is 1. The molecule has 70 valence electrons. The van der Waals surface area contributed by atoms with Crippen molar-refractivity contribution in [3.63, 3.8) is 0 Å². The van der Waals surface area contributed by atoms with Crippen LogP contribution in [0.4, 0.5) is 0 Å². The van der Waals surface area contributed by atoms with Gasteiger partial charge >= 0.3 is 0 Å². The molecule has 0 amide bonds. The fourth-order valence-corrected chi connectivity index (χ4v) is 2.28. The third kappa shape index (κ3) is 1.49.